The van der Waals surface area contributed by atoms with Crippen molar-refractivity contribution in [1.82, 2.24) is 0 Å². The number of carbonyl (C=O) groups excluding carboxylic acids is 1. The molecule has 116 valence electrons. The molecule has 0 atom stereocenters. The first-order valence-corrected chi connectivity index (χ1v) is 8.61. The lowest BCUT2D eigenvalue weighted by atomic mass is 10.3. The highest BCUT2D eigenvalue weighted by molar-refractivity contribution is 7.92. The number of rotatable bonds is 5. The second-order valence-corrected chi connectivity index (χ2v) is 7.38. The highest BCUT2D eigenvalue weighted by Gasteiger charge is 2.27. The van der Waals surface area contributed by atoms with Gasteiger partial charge in [0.15, 0.2) is 0 Å². The van der Waals surface area contributed by atoms with E-state index in [1.165, 1.54) is 18.2 Å². The summed E-state index contributed by atoms with van der Waals surface area (Å²) >= 11 is 17.0. The minimum Gasteiger partial charge on any atom is -0.279 e. The Hall–Kier alpha value is -1.27. The predicted octanol–water partition coefficient (Wildman–Crippen LogP) is 3.95. The lowest BCUT2D eigenvalue weighted by molar-refractivity contribution is -0.110. The van der Waals surface area contributed by atoms with Crippen molar-refractivity contribution in [2.75, 3.05) is 10.8 Å². The zero-order chi connectivity index (χ0) is 16.3. The zero-order valence-corrected chi connectivity index (χ0v) is 14.1. The Labute approximate surface area is 143 Å². The molecule has 0 aliphatic rings. The molecule has 22 heavy (non-hydrogen) atoms. The fourth-order valence-corrected chi connectivity index (χ4v) is 3.79. The van der Waals surface area contributed by atoms with E-state index in [2.05, 4.69) is 0 Å². The summed E-state index contributed by atoms with van der Waals surface area (Å²) in [6.07, 6.45) is 0. The van der Waals surface area contributed by atoms with Crippen LogP contribution in [0.25, 0.3) is 0 Å². The van der Waals surface area contributed by atoms with E-state index in [1.54, 1.807) is 30.3 Å². The maximum atomic E-state index is 12.7. The maximum Gasteiger partial charge on any atom is 0.264 e. The molecule has 0 saturated heterocycles. The van der Waals surface area contributed by atoms with Crippen molar-refractivity contribution in [1.29, 1.82) is 0 Å². The second kappa shape index (κ2) is 6.87. The molecular weight excluding hydrogens is 369 g/mol. The lowest BCUT2D eigenvalue weighted by Gasteiger charge is -2.23. The van der Waals surface area contributed by atoms with Crippen LogP contribution in [0.4, 0.5) is 5.69 Å². The molecule has 4 nitrogen and oxygen atoms in total. The van der Waals surface area contributed by atoms with E-state index < -0.39 is 21.8 Å². The van der Waals surface area contributed by atoms with Gasteiger partial charge in [0.05, 0.1) is 20.6 Å². The summed E-state index contributed by atoms with van der Waals surface area (Å²) in [6, 6.07) is 12.1. The van der Waals surface area contributed by atoms with Gasteiger partial charge in [0.1, 0.15) is 6.54 Å². The number of carbonyl (C=O) groups is 1. The third kappa shape index (κ3) is 3.73. The summed E-state index contributed by atoms with van der Waals surface area (Å²) in [5.74, 6) is 0. The van der Waals surface area contributed by atoms with Gasteiger partial charge in [0.25, 0.3) is 10.0 Å². The molecule has 2 aromatic carbocycles. The van der Waals surface area contributed by atoms with E-state index >= 15 is 0 Å². The quantitative estimate of drug-likeness (QED) is 0.740. The smallest absolute Gasteiger partial charge is 0.264 e. The van der Waals surface area contributed by atoms with Crippen LogP contribution in [0.5, 0.6) is 0 Å². The average Bonchev–Trinajstić information content (AvgIpc) is 2.48. The molecule has 0 aliphatic heterocycles. The molecule has 8 heteroatoms. The standard InChI is InChI=1S/C14H10Cl3NO3S/c15-12-7-6-11(8-13(12)16)22(20,21)18(9-14(17)19)10-4-2-1-3-5-10/h1-8H,9H2. The Morgan fingerprint density at radius 1 is 1.00 bits per heavy atom. The van der Waals surface area contributed by atoms with Crippen LogP contribution in [0.3, 0.4) is 0 Å². The first kappa shape index (κ1) is 17.1. The molecule has 0 saturated carbocycles. The number of halogens is 3. The molecule has 0 N–H and O–H groups in total. The van der Waals surface area contributed by atoms with Gasteiger partial charge in [0, 0.05) is 0 Å². The van der Waals surface area contributed by atoms with Crippen molar-refractivity contribution in [2.24, 2.45) is 0 Å². The molecule has 0 bridgehead atoms. The summed E-state index contributed by atoms with van der Waals surface area (Å²) in [6.45, 7) is -0.492. The number of nitrogens with zero attached hydrogens (tertiary/aromatic N) is 1. The van der Waals surface area contributed by atoms with Gasteiger partial charge in [-0.05, 0) is 41.9 Å². The van der Waals surface area contributed by atoms with Gasteiger partial charge in [-0.2, -0.15) is 0 Å². The number of benzene rings is 2. The molecule has 0 fully saturated rings. The SMILES string of the molecule is O=C(Cl)CN(c1ccccc1)S(=O)(=O)c1ccc(Cl)c(Cl)c1. The molecule has 0 aromatic heterocycles. The first-order chi connectivity index (χ1) is 10.3. The fourth-order valence-electron chi connectivity index (χ4n) is 1.79. The van der Waals surface area contributed by atoms with Crippen molar-refractivity contribution in [2.45, 2.75) is 4.90 Å². The van der Waals surface area contributed by atoms with Crippen molar-refractivity contribution >= 4 is 55.8 Å². The zero-order valence-electron chi connectivity index (χ0n) is 11.0. The van der Waals surface area contributed by atoms with Gasteiger partial charge in [-0.1, -0.05) is 41.4 Å². The van der Waals surface area contributed by atoms with Gasteiger partial charge in [0.2, 0.25) is 5.24 Å². The highest BCUT2D eigenvalue weighted by atomic mass is 35.5. The third-order valence-electron chi connectivity index (χ3n) is 2.79. The monoisotopic (exact) mass is 377 g/mol. The Bertz CT molecular complexity index is 794. The predicted molar refractivity (Wildman–Crippen MR) is 88.3 cm³/mol. The Kier molecular flexibility index (Phi) is 5.34. The first-order valence-electron chi connectivity index (χ1n) is 6.03. The summed E-state index contributed by atoms with van der Waals surface area (Å²) in [5, 5.41) is -0.458. The normalized spacial score (nSPS) is 11.2. The number of para-hydroxylation sites is 1. The number of anilines is 1. The van der Waals surface area contributed by atoms with E-state index in [1.807, 2.05) is 0 Å². The number of sulfonamides is 1. The number of hydrogen-bond donors (Lipinski definition) is 0. The van der Waals surface area contributed by atoms with Crippen molar-refractivity contribution in [3.63, 3.8) is 0 Å². The summed E-state index contributed by atoms with van der Waals surface area (Å²) in [4.78, 5) is 11.2. The largest absolute Gasteiger partial charge is 0.279 e. The van der Waals surface area contributed by atoms with E-state index in [0.717, 1.165) is 4.31 Å². The molecule has 0 radical (unpaired) electrons. The summed E-state index contributed by atoms with van der Waals surface area (Å²) in [7, 11) is -4.00. The maximum absolute atomic E-state index is 12.7. The van der Waals surface area contributed by atoms with E-state index in [9.17, 15) is 13.2 Å². The topological polar surface area (TPSA) is 54.5 Å². The molecule has 0 heterocycles. The molecule has 2 rings (SSSR count). The summed E-state index contributed by atoms with van der Waals surface area (Å²) < 4.78 is 26.4. The molecule has 0 unspecified atom stereocenters. The second-order valence-electron chi connectivity index (χ2n) is 4.28. The van der Waals surface area contributed by atoms with Crippen LogP contribution in [0.1, 0.15) is 0 Å². The Morgan fingerprint density at radius 3 is 2.18 bits per heavy atom. The molecule has 0 amide bonds. The minimum absolute atomic E-state index is 0.0799. The molecule has 2 aromatic rings. The van der Waals surface area contributed by atoms with Gasteiger partial charge >= 0.3 is 0 Å². The van der Waals surface area contributed by atoms with Crippen molar-refractivity contribution < 1.29 is 13.2 Å². The van der Waals surface area contributed by atoms with Crippen LogP contribution in [-0.2, 0) is 14.8 Å². The summed E-state index contributed by atoms with van der Waals surface area (Å²) in [5.41, 5.74) is 0.322. The number of hydrogen-bond acceptors (Lipinski definition) is 3. The van der Waals surface area contributed by atoms with Gasteiger partial charge in [-0.3, -0.25) is 9.10 Å². The molecule has 0 spiro atoms. The van der Waals surface area contributed by atoms with Crippen LogP contribution in [0.2, 0.25) is 10.0 Å². The van der Waals surface area contributed by atoms with E-state index in [0.29, 0.717) is 5.69 Å². The molecular formula is C14H10Cl3NO3S. The average molecular weight is 379 g/mol. The van der Waals surface area contributed by atoms with E-state index in [4.69, 9.17) is 34.8 Å². The van der Waals surface area contributed by atoms with Gasteiger partial charge in [-0.25, -0.2) is 8.42 Å². The van der Waals surface area contributed by atoms with Crippen molar-refractivity contribution in [3.8, 4) is 0 Å². The van der Waals surface area contributed by atoms with Gasteiger partial charge < -0.3 is 0 Å². The Balaban J connectivity index is 2.54. The fraction of sp³-hybridized carbons (Fsp3) is 0.0714. The minimum atomic E-state index is -4.00. The highest BCUT2D eigenvalue weighted by Crippen LogP contribution is 2.29. The lowest BCUT2D eigenvalue weighted by Crippen LogP contribution is -2.34. The van der Waals surface area contributed by atoms with Crippen LogP contribution in [0.15, 0.2) is 53.4 Å². The van der Waals surface area contributed by atoms with E-state index in [-0.39, 0.29) is 14.9 Å². The van der Waals surface area contributed by atoms with Gasteiger partial charge in [-0.15, -0.1) is 0 Å². The van der Waals surface area contributed by atoms with Crippen LogP contribution >= 0.6 is 34.8 Å². The van der Waals surface area contributed by atoms with Crippen LogP contribution in [-0.4, -0.2) is 20.2 Å². The Morgan fingerprint density at radius 2 is 1.64 bits per heavy atom. The third-order valence-corrected chi connectivity index (χ3v) is 5.42. The van der Waals surface area contributed by atoms with Crippen LogP contribution in [0, 0.1) is 0 Å². The molecule has 0 aliphatic carbocycles. The van der Waals surface area contributed by atoms with Crippen molar-refractivity contribution in [3.05, 3.63) is 58.6 Å². The van der Waals surface area contributed by atoms with Crippen LogP contribution < -0.4 is 4.31 Å².